The molecular formula is C12H16ClN3S. The molecule has 0 spiro atoms. The fraction of sp³-hybridized carbons (Fsp3) is 0.250. The van der Waals surface area contributed by atoms with E-state index in [2.05, 4.69) is 23.6 Å². The van der Waals surface area contributed by atoms with Gasteiger partial charge in [-0.1, -0.05) is 30.7 Å². The Kier molecular flexibility index (Phi) is 5.94. The molecule has 0 unspecified atom stereocenters. The molecule has 0 amide bonds. The summed E-state index contributed by atoms with van der Waals surface area (Å²) in [6, 6.07) is 8.02. The van der Waals surface area contributed by atoms with E-state index >= 15 is 0 Å². The molecule has 92 valence electrons. The molecule has 0 aliphatic heterocycles. The Labute approximate surface area is 111 Å². The summed E-state index contributed by atoms with van der Waals surface area (Å²) in [5, 5.41) is 13.6. The number of allylic oxidation sites excluding steroid dienone is 1. The number of anilines is 1. The van der Waals surface area contributed by atoms with Crippen LogP contribution in [0.25, 0.3) is 0 Å². The maximum absolute atomic E-state index is 7.14. The summed E-state index contributed by atoms with van der Waals surface area (Å²) in [4.78, 5) is 1.16. The normalized spacial score (nSPS) is 11.7. The fourth-order valence-electron chi connectivity index (χ4n) is 1.30. The van der Waals surface area contributed by atoms with Gasteiger partial charge >= 0.3 is 0 Å². The van der Waals surface area contributed by atoms with Gasteiger partial charge in [0.25, 0.3) is 0 Å². The van der Waals surface area contributed by atoms with Crippen molar-refractivity contribution in [2.75, 3.05) is 18.1 Å². The third-order valence-corrected chi connectivity index (χ3v) is 3.32. The van der Waals surface area contributed by atoms with Crippen LogP contribution < -0.4 is 10.6 Å². The third kappa shape index (κ3) is 3.98. The van der Waals surface area contributed by atoms with Crippen molar-refractivity contribution in [3.63, 3.8) is 0 Å². The third-order valence-electron chi connectivity index (χ3n) is 2.06. The van der Waals surface area contributed by atoms with Crippen LogP contribution in [0.15, 0.2) is 40.0 Å². The van der Waals surface area contributed by atoms with Crippen molar-refractivity contribution in [3.05, 3.63) is 35.1 Å². The molecule has 1 rings (SSSR count). The monoisotopic (exact) mass is 269 g/mol. The maximum atomic E-state index is 7.14. The Hall–Kier alpha value is -1.13. The zero-order valence-corrected chi connectivity index (χ0v) is 11.5. The first-order valence-electron chi connectivity index (χ1n) is 5.29. The van der Waals surface area contributed by atoms with E-state index in [9.17, 15) is 0 Å². The van der Waals surface area contributed by atoms with E-state index in [1.165, 1.54) is 0 Å². The van der Waals surface area contributed by atoms with Crippen LogP contribution in [0.1, 0.15) is 6.92 Å². The first-order valence-corrected chi connectivity index (χ1v) is 6.66. The summed E-state index contributed by atoms with van der Waals surface area (Å²) in [6.07, 6.45) is 1.11. The molecule has 0 saturated heterocycles. The number of nitrogens with one attached hydrogen (secondary N) is 3. The van der Waals surface area contributed by atoms with Crippen LogP contribution >= 0.6 is 23.4 Å². The minimum atomic E-state index is 0.351. The van der Waals surface area contributed by atoms with E-state index in [-0.39, 0.29) is 0 Å². The van der Waals surface area contributed by atoms with E-state index in [1.54, 1.807) is 18.8 Å². The quantitative estimate of drug-likeness (QED) is 0.547. The maximum Gasteiger partial charge on any atom is 0.124 e. The van der Waals surface area contributed by atoms with Gasteiger partial charge in [-0.15, -0.1) is 11.8 Å². The Morgan fingerprint density at radius 2 is 2.18 bits per heavy atom. The van der Waals surface area contributed by atoms with E-state index in [0.29, 0.717) is 10.9 Å². The SMILES string of the molecule is CCSc1ccccc1N/C(NC)=C(\Cl)C=N. The summed E-state index contributed by atoms with van der Waals surface area (Å²) >= 11 is 7.68. The molecule has 0 fully saturated rings. The number of halogens is 1. The van der Waals surface area contributed by atoms with Gasteiger partial charge in [0, 0.05) is 18.2 Å². The van der Waals surface area contributed by atoms with Gasteiger partial charge in [0.05, 0.1) is 10.7 Å². The number of hydrogen-bond donors (Lipinski definition) is 3. The molecule has 5 heteroatoms. The van der Waals surface area contributed by atoms with E-state index < -0.39 is 0 Å². The number of hydrogen-bond acceptors (Lipinski definition) is 4. The van der Waals surface area contributed by atoms with Crippen LogP contribution in [-0.2, 0) is 0 Å². The minimum absolute atomic E-state index is 0.351. The number of para-hydroxylation sites is 1. The Balaban J connectivity index is 2.97. The number of thioether (sulfide) groups is 1. The zero-order valence-electron chi connectivity index (χ0n) is 9.88. The standard InChI is InChI=1S/C12H16ClN3S/c1-3-17-11-7-5-4-6-10(11)16-12(15-2)9(13)8-14/h4-8,14-16H,3H2,1-2H3/b12-9-,14-8?. The smallest absolute Gasteiger partial charge is 0.124 e. The van der Waals surface area contributed by atoms with Gasteiger partial charge in [-0.2, -0.15) is 0 Å². The molecular weight excluding hydrogens is 254 g/mol. The lowest BCUT2D eigenvalue weighted by molar-refractivity contribution is 0.992. The van der Waals surface area contributed by atoms with Crippen LogP contribution in [-0.4, -0.2) is 19.0 Å². The second-order valence-corrected chi connectivity index (χ2v) is 4.88. The molecule has 17 heavy (non-hydrogen) atoms. The average Bonchev–Trinajstić information content (AvgIpc) is 2.37. The first kappa shape index (κ1) is 13.9. The fourth-order valence-corrected chi connectivity index (χ4v) is 2.20. The highest BCUT2D eigenvalue weighted by atomic mass is 35.5. The number of rotatable bonds is 6. The van der Waals surface area contributed by atoms with Crippen LogP contribution in [0.3, 0.4) is 0 Å². The summed E-state index contributed by atoms with van der Waals surface area (Å²) in [5.74, 6) is 1.64. The average molecular weight is 270 g/mol. The summed E-state index contributed by atoms with van der Waals surface area (Å²) in [7, 11) is 1.77. The molecule has 0 radical (unpaired) electrons. The van der Waals surface area contributed by atoms with Gasteiger partial charge in [0.2, 0.25) is 0 Å². The Morgan fingerprint density at radius 3 is 2.76 bits per heavy atom. The molecule has 0 saturated carbocycles. The van der Waals surface area contributed by atoms with Crippen molar-refractivity contribution < 1.29 is 0 Å². The van der Waals surface area contributed by atoms with Crippen LogP contribution in [0.2, 0.25) is 0 Å². The second kappa shape index (κ2) is 7.25. The summed E-state index contributed by atoms with van der Waals surface area (Å²) in [6.45, 7) is 2.11. The molecule has 3 N–H and O–H groups in total. The van der Waals surface area contributed by atoms with Gasteiger partial charge in [-0.05, 0) is 17.9 Å². The van der Waals surface area contributed by atoms with Crippen LogP contribution in [0.5, 0.6) is 0 Å². The molecule has 0 aromatic heterocycles. The summed E-state index contributed by atoms with van der Waals surface area (Å²) in [5.41, 5.74) is 0.990. The van der Waals surface area contributed by atoms with Crippen LogP contribution in [0.4, 0.5) is 5.69 Å². The molecule has 3 nitrogen and oxygen atoms in total. The van der Waals surface area contributed by atoms with Crippen molar-refractivity contribution >= 4 is 35.3 Å². The van der Waals surface area contributed by atoms with E-state index in [4.69, 9.17) is 17.0 Å². The molecule has 1 aromatic rings. The topological polar surface area (TPSA) is 47.9 Å². The second-order valence-electron chi connectivity index (χ2n) is 3.17. The largest absolute Gasteiger partial charge is 0.373 e. The predicted molar refractivity (Wildman–Crippen MR) is 77.2 cm³/mol. The predicted octanol–water partition coefficient (Wildman–Crippen LogP) is 3.49. The van der Waals surface area contributed by atoms with E-state index in [0.717, 1.165) is 22.6 Å². The zero-order chi connectivity index (χ0) is 12.7. The van der Waals surface area contributed by atoms with Gasteiger partial charge in [0.15, 0.2) is 0 Å². The van der Waals surface area contributed by atoms with Crippen molar-refractivity contribution in [1.82, 2.24) is 5.32 Å². The minimum Gasteiger partial charge on any atom is -0.373 e. The summed E-state index contributed by atoms with van der Waals surface area (Å²) < 4.78 is 0. The van der Waals surface area contributed by atoms with Gasteiger partial charge in [0.1, 0.15) is 5.82 Å². The molecule has 1 aromatic carbocycles. The van der Waals surface area contributed by atoms with Gasteiger partial charge in [-0.3, -0.25) is 0 Å². The highest BCUT2D eigenvalue weighted by molar-refractivity contribution is 7.99. The van der Waals surface area contributed by atoms with Crippen molar-refractivity contribution in [2.24, 2.45) is 0 Å². The molecule has 0 atom stereocenters. The number of benzene rings is 1. The Bertz CT molecular complexity index is 418. The van der Waals surface area contributed by atoms with Crippen molar-refractivity contribution in [2.45, 2.75) is 11.8 Å². The Morgan fingerprint density at radius 1 is 1.47 bits per heavy atom. The lowest BCUT2D eigenvalue weighted by Crippen LogP contribution is -2.17. The first-order chi connectivity index (χ1) is 8.22. The highest BCUT2D eigenvalue weighted by Crippen LogP contribution is 2.27. The van der Waals surface area contributed by atoms with Crippen LogP contribution in [0, 0.1) is 5.41 Å². The lowest BCUT2D eigenvalue weighted by Gasteiger charge is -2.14. The molecule has 0 heterocycles. The van der Waals surface area contributed by atoms with Crippen molar-refractivity contribution in [1.29, 1.82) is 5.41 Å². The van der Waals surface area contributed by atoms with Gasteiger partial charge < -0.3 is 16.0 Å². The molecule has 0 aliphatic carbocycles. The van der Waals surface area contributed by atoms with Crippen molar-refractivity contribution in [3.8, 4) is 0 Å². The lowest BCUT2D eigenvalue weighted by atomic mass is 10.3. The highest BCUT2D eigenvalue weighted by Gasteiger charge is 2.05. The molecule has 0 aliphatic rings. The van der Waals surface area contributed by atoms with E-state index in [1.807, 2.05) is 18.2 Å². The molecule has 0 bridgehead atoms. The van der Waals surface area contributed by atoms with Gasteiger partial charge in [-0.25, -0.2) is 0 Å².